The lowest BCUT2D eigenvalue weighted by atomic mass is 10.1. The highest BCUT2D eigenvalue weighted by atomic mass is 32.2. The molecular formula is C39H51N6O12PS. The van der Waals surface area contributed by atoms with Crippen LogP contribution in [0.15, 0.2) is 48.6 Å². The van der Waals surface area contributed by atoms with Crippen molar-refractivity contribution in [3.63, 3.8) is 0 Å². The van der Waals surface area contributed by atoms with E-state index in [1.165, 1.54) is 31.3 Å². The Kier molecular flexibility index (Phi) is 13.8. The van der Waals surface area contributed by atoms with Crippen molar-refractivity contribution in [2.24, 2.45) is 0 Å². The van der Waals surface area contributed by atoms with Gasteiger partial charge in [-0.15, -0.1) is 0 Å². The summed E-state index contributed by atoms with van der Waals surface area (Å²) in [6.07, 6.45) is -0.401. The van der Waals surface area contributed by atoms with Crippen LogP contribution >= 0.6 is 7.14 Å². The molecule has 59 heavy (non-hydrogen) atoms. The lowest BCUT2D eigenvalue weighted by Crippen LogP contribution is -2.44. The number of anilines is 2. The summed E-state index contributed by atoms with van der Waals surface area (Å²) in [5.74, 6) is -0.215. The molecule has 18 nitrogen and oxygen atoms in total. The molecule has 4 atom stereocenters. The van der Waals surface area contributed by atoms with Crippen LogP contribution in [0.5, 0.6) is 23.0 Å². The van der Waals surface area contributed by atoms with Crippen molar-refractivity contribution < 1.29 is 55.3 Å². The number of methoxy groups -OCH3 is 2. The lowest BCUT2D eigenvalue weighted by molar-refractivity contribution is -0.126. The van der Waals surface area contributed by atoms with Gasteiger partial charge in [-0.05, 0) is 31.9 Å². The summed E-state index contributed by atoms with van der Waals surface area (Å²) >= 11 is 0. The summed E-state index contributed by atoms with van der Waals surface area (Å²) in [7, 11) is -3.72. The van der Waals surface area contributed by atoms with E-state index in [1.54, 1.807) is 24.0 Å². The van der Waals surface area contributed by atoms with Crippen LogP contribution in [-0.4, -0.2) is 132 Å². The van der Waals surface area contributed by atoms with Crippen LogP contribution < -0.4 is 40.2 Å². The van der Waals surface area contributed by atoms with Crippen molar-refractivity contribution in [3.05, 3.63) is 59.7 Å². The predicted octanol–water partition coefficient (Wildman–Crippen LogP) is 2.78. The molecule has 2 fully saturated rings. The number of benzene rings is 2. The standard InChI is InChI=1S/C39H51N6O12PS/c1-6-40-35(46)7-8-36(47)42-22-58(50,11-9-55-33-17-28-26(15-31(33)53-4)38(48)44-20-23(2)13-25(44)19-41-28)12-10-56-34-18-29-27(16-32(34)54-5)39(49)45-21-24(3)14-30(45)37(43-29)57-59(51)52/h15-18,25,30,37,41,43,59H,2-3,6-14,19-22H2,1,4-5H3,(H,40,46)(H,42,47)/t25-,30-,37?,58?/m0/s1. The Bertz CT molecular complexity index is 2140. The fourth-order valence-electron chi connectivity index (χ4n) is 7.63. The highest BCUT2D eigenvalue weighted by molar-refractivity contribution is 7.67. The second-order valence-corrected chi connectivity index (χ2v) is 18.8. The minimum atomic E-state index is -3.32. The second-order valence-electron chi connectivity index (χ2n) is 14.8. The molecule has 4 N–H and O–H groups in total. The van der Waals surface area contributed by atoms with E-state index in [9.17, 15) is 32.2 Å². The number of amides is 4. The Hall–Kier alpha value is -5.26. The number of thiol groups is 1. The first kappa shape index (κ1) is 43.3. The molecule has 0 spiro atoms. The molecule has 2 aromatic carbocycles. The number of carbonyl (C=O) groups is 4. The van der Waals surface area contributed by atoms with Crippen molar-refractivity contribution in [2.75, 3.05) is 82.9 Å². The molecule has 0 bridgehead atoms. The first-order valence-electron chi connectivity index (χ1n) is 19.3. The van der Waals surface area contributed by atoms with Crippen molar-refractivity contribution in [1.29, 1.82) is 0 Å². The van der Waals surface area contributed by atoms with E-state index in [-0.39, 0.29) is 97.7 Å². The van der Waals surface area contributed by atoms with Gasteiger partial charge in [0.15, 0.2) is 29.2 Å². The van der Waals surface area contributed by atoms with E-state index in [1.807, 2.05) is 0 Å². The Labute approximate surface area is 344 Å². The van der Waals surface area contributed by atoms with E-state index in [0.717, 1.165) is 11.1 Å². The molecule has 4 aliphatic rings. The average Bonchev–Trinajstić information content (AvgIpc) is 3.73. The Morgan fingerprint density at radius 1 is 0.831 bits per heavy atom. The lowest BCUT2D eigenvalue weighted by Gasteiger charge is -2.26. The zero-order valence-electron chi connectivity index (χ0n) is 33.3. The Morgan fingerprint density at radius 3 is 2.00 bits per heavy atom. The molecule has 2 saturated heterocycles. The number of nitrogens with zero attached hydrogens (tertiary/aromatic N) is 2. The van der Waals surface area contributed by atoms with Crippen LogP contribution in [0, 0.1) is 0 Å². The number of nitrogens with one attached hydrogen (secondary N) is 4. The maximum Gasteiger partial charge on any atom is 0.259 e. The van der Waals surface area contributed by atoms with E-state index < -0.39 is 36.3 Å². The van der Waals surface area contributed by atoms with Gasteiger partial charge in [0.25, 0.3) is 22.8 Å². The molecule has 4 aliphatic heterocycles. The zero-order valence-corrected chi connectivity index (χ0v) is 35.1. The van der Waals surface area contributed by atoms with Gasteiger partial charge in [-0.3, -0.25) is 19.2 Å². The third-order valence-corrected chi connectivity index (χ3v) is 13.8. The third-order valence-electron chi connectivity index (χ3n) is 10.6. The molecule has 0 aromatic heterocycles. The summed E-state index contributed by atoms with van der Waals surface area (Å²) in [4.78, 5) is 55.2. The van der Waals surface area contributed by atoms with Crippen LogP contribution in [0.3, 0.4) is 0 Å². The molecular weight excluding hydrogens is 807 g/mol. The molecule has 0 saturated carbocycles. The minimum absolute atomic E-state index is 0.00378. The summed E-state index contributed by atoms with van der Waals surface area (Å²) in [6, 6.07) is 5.65. The quantitative estimate of drug-likeness (QED) is 0.0828. The van der Waals surface area contributed by atoms with E-state index in [2.05, 4.69) is 34.4 Å². The van der Waals surface area contributed by atoms with Gasteiger partial charge in [-0.25, -0.2) is 12.6 Å². The molecule has 20 heteroatoms. The van der Waals surface area contributed by atoms with Gasteiger partial charge in [0.2, 0.25) is 11.8 Å². The highest BCUT2D eigenvalue weighted by Crippen LogP contribution is 2.46. The maximum atomic E-state index is 14.6. The Balaban J connectivity index is 1.17. The molecule has 2 unspecified atom stereocenters. The highest BCUT2D eigenvalue weighted by Gasteiger charge is 2.42. The molecule has 4 amide bonds. The number of rotatable bonds is 18. The average molecular weight is 859 g/mol. The molecule has 6 rings (SSSR count). The van der Waals surface area contributed by atoms with Gasteiger partial charge in [0.1, 0.15) is 7.14 Å². The predicted molar refractivity (Wildman–Crippen MR) is 220 cm³/mol. The van der Waals surface area contributed by atoms with Crippen molar-refractivity contribution in [2.45, 2.75) is 50.9 Å². The molecule has 0 radical (unpaired) electrons. The summed E-state index contributed by atoms with van der Waals surface area (Å²) in [6.45, 7) is 11.3. The van der Waals surface area contributed by atoms with E-state index in [0.29, 0.717) is 55.2 Å². The number of hydrogen-bond donors (Lipinski definition) is 5. The van der Waals surface area contributed by atoms with Crippen molar-refractivity contribution >= 4 is 53.1 Å². The topological polar surface area (TPSA) is 220 Å². The normalized spacial score (nSPS) is 20.5. The number of carbonyl (C=O) groups excluding carboxylic acids is 4. The van der Waals surface area contributed by atoms with Gasteiger partial charge >= 0.3 is 0 Å². The number of hydrogen-bond acceptors (Lipinski definition) is 14. The second kappa shape index (κ2) is 18.8. The monoisotopic (exact) mass is 858 g/mol. The first-order chi connectivity index (χ1) is 28.2. The van der Waals surface area contributed by atoms with Crippen LogP contribution in [0.25, 0.3) is 0 Å². The van der Waals surface area contributed by atoms with Crippen molar-refractivity contribution in [1.82, 2.24) is 20.4 Å². The van der Waals surface area contributed by atoms with Gasteiger partial charge in [0, 0.05) is 63.5 Å². The van der Waals surface area contributed by atoms with E-state index in [4.69, 9.17) is 23.1 Å². The largest absolute Gasteiger partial charge is 0.493 e. The summed E-state index contributed by atoms with van der Waals surface area (Å²) in [5, 5.41) is 11.7. The summed E-state index contributed by atoms with van der Waals surface area (Å²) in [5.41, 5.74) is 3.22. The van der Waals surface area contributed by atoms with Crippen LogP contribution in [0.2, 0.25) is 0 Å². The maximum absolute atomic E-state index is 14.6. The number of ether oxygens (including phenoxy) is 4. The molecule has 4 heterocycles. The van der Waals surface area contributed by atoms with Gasteiger partial charge in [0.05, 0.1) is 68.3 Å². The van der Waals surface area contributed by atoms with Gasteiger partial charge in [-0.1, -0.05) is 24.3 Å². The van der Waals surface area contributed by atoms with E-state index >= 15 is 0 Å². The van der Waals surface area contributed by atoms with Gasteiger partial charge in [-0.2, -0.15) is 0 Å². The minimum Gasteiger partial charge on any atom is -0.493 e. The van der Waals surface area contributed by atoms with Crippen LogP contribution in [0.1, 0.15) is 53.3 Å². The third kappa shape index (κ3) is 10.1. The fraction of sp³-hybridized carbons (Fsp3) is 0.487. The van der Waals surface area contributed by atoms with Crippen molar-refractivity contribution in [3.8, 4) is 23.0 Å². The Morgan fingerprint density at radius 2 is 1.39 bits per heavy atom. The molecule has 2 aromatic rings. The number of fused-ring (bicyclic) bond motifs is 4. The fourth-order valence-corrected chi connectivity index (χ4v) is 9.86. The van der Waals surface area contributed by atoms with Crippen LogP contribution in [0.4, 0.5) is 11.4 Å². The molecule has 320 valence electrons. The van der Waals surface area contributed by atoms with Gasteiger partial charge < -0.3 is 54.6 Å². The first-order valence-corrected chi connectivity index (χ1v) is 22.6. The SMILES string of the molecule is C=C1C[C@H]2CNc3cc(OCCP(=O)(CCOc4cc5c(cc4OC)C(=O)N4CC(=C)C[C@H]4C(O[SH](=O)=O)N5)CNC(=O)CCC(=O)NCC)c(OC)cc3C(=O)N2C1. The smallest absolute Gasteiger partial charge is 0.259 e. The zero-order chi connectivity index (χ0) is 42.4. The molecule has 0 aliphatic carbocycles. The van der Waals surface area contributed by atoms with Crippen LogP contribution in [-0.2, 0) is 29.3 Å². The summed E-state index contributed by atoms with van der Waals surface area (Å²) < 4.78 is 66.5.